The molecule has 0 aliphatic heterocycles. The normalized spacial score (nSPS) is 13.3. The van der Waals surface area contributed by atoms with Gasteiger partial charge >= 0.3 is 0 Å². The van der Waals surface area contributed by atoms with Gasteiger partial charge in [-0.15, -0.1) is 0 Å². The third kappa shape index (κ3) is 6.07. The first-order valence-corrected chi connectivity index (χ1v) is 18.1. The van der Waals surface area contributed by atoms with E-state index in [1.165, 1.54) is 0 Å². The van der Waals surface area contributed by atoms with E-state index >= 15 is 0 Å². The summed E-state index contributed by atoms with van der Waals surface area (Å²) in [7, 11) is 0. The van der Waals surface area contributed by atoms with E-state index in [0.29, 0.717) is 29.7 Å². The highest BCUT2D eigenvalue weighted by molar-refractivity contribution is 6.08. The van der Waals surface area contributed by atoms with Gasteiger partial charge in [0.15, 0.2) is 5.78 Å². The first kappa shape index (κ1) is 35.5. The fourth-order valence-corrected chi connectivity index (χ4v) is 7.43. The van der Waals surface area contributed by atoms with Gasteiger partial charge in [-0.2, -0.15) is 0 Å². The number of Topliss-reactive ketones (excluding diaryl/α,β-unsaturated/α-hetero) is 1. The summed E-state index contributed by atoms with van der Waals surface area (Å²) < 4.78 is 0. The summed E-state index contributed by atoms with van der Waals surface area (Å²) in [4.78, 5) is 27.3. The van der Waals surface area contributed by atoms with E-state index in [2.05, 4.69) is 55.7 Å². The number of fused-ring (bicyclic) bond motifs is 3. The summed E-state index contributed by atoms with van der Waals surface area (Å²) in [6.07, 6.45) is 3.14. The van der Waals surface area contributed by atoms with Crippen LogP contribution in [0.4, 0.5) is 11.4 Å². The Morgan fingerprint density at radius 2 is 1.12 bits per heavy atom. The summed E-state index contributed by atoms with van der Waals surface area (Å²) in [5.41, 5.74) is 6.19. The molecular formula is C45H48N2O4. The van der Waals surface area contributed by atoms with E-state index in [9.17, 15) is 19.8 Å². The maximum Gasteiger partial charge on any atom is 0.255 e. The van der Waals surface area contributed by atoms with Crippen molar-refractivity contribution < 1.29 is 19.8 Å². The Kier molecular flexibility index (Phi) is 9.56. The molecule has 5 aromatic carbocycles. The Hall–Kier alpha value is -5.36. The van der Waals surface area contributed by atoms with Crippen LogP contribution in [-0.2, 0) is 5.41 Å². The lowest BCUT2D eigenvalue weighted by Gasteiger charge is -2.35. The summed E-state index contributed by atoms with van der Waals surface area (Å²) in [5, 5.41) is 28.9. The third-order valence-electron chi connectivity index (χ3n) is 11.6. The lowest BCUT2D eigenvalue weighted by atomic mass is 9.67. The highest BCUT2D eigenvalue weighted by Gasteiger charge is 2.46. The number of hydrogen-bond donors (Lipinski definition) is 4. The molecule has 6 heteroatoms. The molecule has 5 aromatic rings. The van der Waals surface area contributed by atoms with E-state index in [0.717, 1.165) is 46.2 Å². The molecule has 1 amide bonds. The molecule has 0 heterocycles. The Balaban J connectivity index is 1.50. The van der Waals surface area contributed by atoms with Crippen molar-refractivity contribution >= 4 is 23.1 Å². The quantitative estimate of drug-likeness (QED) is 0.0762. The number of hydrogen-bond acceptors (Lipinski definition) is 5. The average Bonchev–Trinajstić information content (AvgIpc) is 3.47. The first-order valence-electron chi connectivity index (χ1n) is 18.1. The Morgan fingerprint density at radius 1 is 0.608 bits per heavy atom. The smallest absolute Gasteiger partial charge is 0.255 e. The second kappa shape index (κ2) is 13.7. The number of benzene rings is 5. The number of phenolic OH excluding ortho intramolecular Hbond substituents is 2. The minimum atomic E-state index is -0.851. The van der Waals surface area contributed by atoms with Gasteiger partial charge in [-0.25, -0.2) is 0 Å². The van der Waals surface area contributed by atoms with Crippen LogP contribution in [0.25, 0.3) is 11.1 Å². The van der Waals surface area contributed by atoms with E-state index in [1.807, 2.05) is 69.3 Å². The summed E-state index contributed by atoms with van der Waals surface area (Å²) in [5.74, 6) is -0.330. The lowest BCUT2D eigenvalue weighted by molar-refractivity contribution is 0.0802. The van der Waals surface area contributed by atoms with Crippen LogP contribution in [0.5, 0.6) is 11.5 Å². The van der Waals surface area contributed by atoms with Crippen molar-refractivity contribution in [3.63, 3.8) is 0 Å². The van der Waals surface area contributed by atoms with E-state index in [4.69, 9.17) is 0 Å². The van der Waals surface area contributed by atoms with Gasteiger partial charge in [-0.05, 0) is 102 Å². The molecule has 0 aromatic heterocycles. The van der Waals surface area contributed by atoms with Crippen LogP contribution in [0, 0.1) is 5.41 Å². The van der Waals surface area contributed by atoms with Gasteiger partial charge in [0, 0.05) is 22.1 Å². The predicted molar refractivity (Wildman–Crippen MR) is 207 cm³/mol. The molecule has 51 heavy (non-hydrogen) atoms. The monoisotopic (exact) mass is 680 g/mol. The molecule has 0 spiro atoms. The Morgan fingerprint density at radius 3 is 1.67 bits per heavy atom. The van der Waals surface area contributed by atoms with E-state index in [1.54, 1.807) is 36.4 Å². The number of anilines is 2. The highest BCUT2D eigenvalue weighted by Crippen LogP contribution is 2.57. The molecule has 0 unspecified atom stereocenters. The van der Waals surface area contributed by atoms with Crippen LogP contribution in [-0.4, -0.2) is 27.4 Å². The molecule has 1 aliphatic rings. The first-order chi connectivity index (χ1) is 24.4. The van der Waals surface area contributed by atoms with Gasteiger partial charge < -0.3 is 20.8 Å². The van der Waals surface area contributed by atoms with Gasteiger partial charge in [0.05, 0.1) is 16.8 Å². The molecular weight excluding hydrogens is 633 g/mol. The van der Waals surface area contributed by atoms with Crippen LogP contribution in [0.3, 0.4) is 0 Å². The zero-order chi connectivity index (χ0) is 36.6. The molecule has 6 rings (SSSR count). The number of rotatable bonds is 12. The number of amides is 1. The summed E-state index contributed by atoms with van der Waals surface area (Å²) in [6.45, 7) is 12.4. The molecule has 0 saturated carbocycles. The van der Waals surface area contributed by atoms with Crippen molar-refractivity contribution in [2.24, 2.45) is 5.41 Å². The van der Waals surface area contributed by atoms with Gasteiger partial charge in [-0.1, -0.05) is 107 Å². The SMILES string of the molecule is CCC(C)(CC)Nc1cc(C2(c3ccc(O)c(NC(=O)c4cccc(C(=O)C(C)(CC)CC)c4)c3)c3ccccc3-c3ccccc32)ccc1O. The standard InChI is InChI=1S/C45H48N2O4/c1-7-43(5,8-2)41(50)29-16-15-17-30(26-29)42(51)46-37-27-31(22-24-39(37)48)45(32-23-25-40(49)38(28-32)47-44(6,9-3)10-4)35-20-13-11-18-33(35)34-19-12-14-21-36(34)45/h11-28,47-49H,7-10H2,1-6H3,(H,46,51). The van der Waals surface area contributed by atoms with Crippen LogP contribution in [0.1, 0.15) is 110 Å². The van der Waals surface area contributed by atoms with Gasteiger partial charge in [0.1, 0.15) is 11.5 Å². The van der Waals surface area contributed by atoms with E-state index < -0.39 is 16.7 Å². The zero-order valence-electron chi connectivity index (χ0n) is 30.4. The maximum absolute atomic E-state index is 13.8. The lowest BCUT2D eigenvalue weighted by Crippen LogP contribution is -2.33. The van der Waals surface area contributed by atoms with E-state index in [-0.39, 0.29) is 28.5 Å². The zero-order valence-corrected chi connectivity index (χ0v) is 30.4. The van der Waals surface area contributed by atoms with Crippen molar-refractivity contribution in [3.05, 3.63) is 143 Å². The van der Waals surface area contributed by atoms with Crippen LogP contribution < -0.4 is 10.6 Å². The summed E-state index contributed by atoms with van der Waals surface area (Å²) in [6, 6.07) is 34.5. The summed E-state index contributed by atoms with van der Waals surface area (Å²) >= 11 is 0. The fraction of sp³-hybridized carbons (Fsp3) is 0.289. The number of nitrogens with one attached hydrogen (secondary N) is 2. The van der Waals surface area contributed by atoms with Gasteiger partial charge in [0.2, 0.25) is 0 Å². The van der Waals surface area contributed by atoms with Crippen molar-refractivity contribution in [1.29, 1.82) is 0 Å². The molecule has 6 nitrogen and oxygen atoms in total. The highest BCUT2D eigenvalue weighted by atomic mass is 16.3. The number of carbonyl (C=O) groups is 2. The fourth-order valence-electron chi connectivity index (χ4n) is 7.43. The molecule has 262 valence electrons. The molecule has 0 bridgehead atoms. The second-order valence-corrected chi connectivity index (χ2v) is 14.3. The third-order valence-corrected chi connectivity index (χ3v) is 11.6. The topological polar surface area (TPSA) is 98.7 Å². The largest absolute Gasteiger partial charge is 0.506 e. The number of ketones is 1. The van der Waals surface area contributed by atoms with Crippen molar-refractivity contribution in [2.75, 3.05) is 10.6 Å². The molecule has 0 fully saturated rings. The molecule has 0 saturated heterocycles. The predicted octanol–water partition coefficient (Wildman–Crippen LogP) is 10.7. The van der Waals surface area contributed by atoms with Crippen LogP contribution in [0.15, 0.2) is 109 Å². The van der Waals surface area contributed by atoms with Crippen molar-refractivity contribution in [2.45, 2.75) is 78.2 Å². The minimum Gasteiger partial charge on any atom is -0.506 e. The molecule has 4 N–H and O–H groups in total. The molecule has 0 radical (unpaired) electrons. The number of aromatic hydroxyl groups is 2. The maximum atomic E-state index is 13.8. The van der Waals surface area contributed by atoms with Crippen molar-refractivity contribution in [3.8, 4) is 22.6 Å². The second-order valence-electron chi connectivity index (χ2n) is 14.3. The number of carbonyl (C=O) groups excluding carboxylic acids is 2. The average molecular weight is 681 g/mol. The van der Waals surface area contributed by atoms with Crippen LogP contribution >= 0.6 is 0 Å². The molecule has 1 aliphatic carbocycles. The number of phenols is 2. The minimum absolute atomic E-state index is 0.00782. The van der Waals surface area contributed by atoms with Gasteiger partial charge in [-0.3, -0.25) is 9.59 Å². The Bertz CT molecular complexity index is 2060. The van der Waals surface area contributed by atoms with Crippen molar-refractivity contribution in [1.82, 2.24) is 0 Å². The van der Waals surface area contributed by atoms with Gasteiger partial charge in [0.25, 0.3) is 5.91 Å². The van der Waals surface area contributed by atoms with Crippen LogP contribution in [0.2, 0.25) is 0 Å². The Labute approximate surface area is 301 Å². The molecule has 0 atom stereocenters.